The van der Waals surface area contributed by atoms with Crippen molar-refractivity contribution < 1.29 is 9.90 Å². The number of aromatic nitrogens is 1. The summed E-state index contributed by atoms with van der Waals surface area (Å²) in [5.41, 5.74) is 0.570. The van der Waals surface area contributed by atoms with Crippen molar-refractivity contribution in [1.82, 2.24) is 4.98 Å². The molecular weight excluding hydrogens is 230 g/mol. The summed E-state index contributed by atoms with van der Waals surface area (Å²) in [6, 6.07) is 9.11. The number of pyridine rings is 1. The zero-order valence-corrected chi connectivity index (χ0v) is 9.79. The lowest BCUT2D eigenvalue weighted by Gasteiger charge is -2.17. The lowest BCUT2D eigenvalue weighted by atomic mass is 10.1. The monoisotopic (exact) mass is 241 g/mol. The summed E-state index contributed by atoms with van der Waals surface area (Å²) < 4.78 is 0. The zero-order chi connectivity index (χ0) is 13.1. The standard InChI is InChI=1S/C13H11N3O2/c1-16(8-12(17)18)13-11-3-2-9(7-14)6-10(11)4-5-15-13/h2-6H,8H2,1H3,(H,17,18). The smallest absolute Gasteiger partial charge is 0.323 e. The number of nitriles is 1. The van der Waals surface area contributed by atoms with Gasteiger partial charge in [-0.05, 0) is 29.7 Å². The largest absolute Gasteiger partial charge is 0.480 e. The highest BCUT2D eigenvalue weighted by Crippen LogP contribution is 2.24. The van der Waals surface area contributed by atoms with Gasteiger partial charge in [0.1, 0.15) is 12.4 Å². The average Bonchev–Trinajstić information content (AvgIpc) is 2.36. The molecule has 2 aromatic rings. The first-order valence-electron chi connectivity index (χ1n) is 5.33. The fraction of sp³-hybridized carbons (Fsp3) is 0.154. The third-order valence-electron chi connectivity index (χ3n) is 2.61. The molecule has 18 heavy (non-hydrogen) atoms. The van der Waals surface area contributed by atoms with Crippen LogP contribution in [0.15, 0.2) is 30.5 Å². The van der Waals surface area contributed by atoms with Gasteiger partial charge in [0.15, 0.2) is 0 Å². The molecule has 0 aliphatic heterocycles. The minimum Gasteiger partial charge on any atom is -0.480 e. The number of carboxylic acid groups (broad SMARTS) is 1. The Labute approximate surface area is 104 Å². The maximum Gasteiger partial charge on any atom is 0.323 e. The van der Waals surface area contributed by atoms with E-state index in [0.29, 0.717) is 11.4 Å². The highest BCUT2D eigenvalue weighted by atomic mass is 16.4. The van der Waals surface area contributed by atoms with Crippen LogP contribution in [0.5, 0.6) is 0 Å². The molecule has 0 unspecified atom stereocenters. The minimum absolute atomic E-state index is 0.119. The van der Waals surface area contributed by atoms with Crippen LogP contribution < -0.4 is 4.90 Å². The number of benzene rings is 1. The molecule has 0 saturated heterocycles. The third kappa shape index (κ3) is 2.23. The predicted molar refractivity (Wildman–Crippen MR) is 67.4 cm³/mol. The van der Waals surface area contributed by atoms with Crippen molar-refractivity contribution in [2.45, 2.75) is 0 Å². The number of rotatable bonds is 3. The number of nitrogens with zero attached hydrogens (tertiary/aromatic N) is 3. The number of hydrogen-bond donors (Lipinski definition) is 1. The van der Waals surface area contributed by atoms with Crippen molar-refractivity contribution in [3.8, 4) is 6.07 Å². The zero-order valence-electron chi connectivity index (χ0n) is 9.79. The van der Waals surface area contributed by atoms with E-state index in [4.69, 9.17) is 10.4 Å². The Morgan fingerprint density at radius 2 is 2.28 bits per heavy atom. The van der Waals surface area contributed by atoms with E-state index in [1.165, 1.54) is 0 Å². The summed E-state index contributed by atoms with van der Waals surface area (Å²) in [5, 5.41) is 19.3. The molecule has 90 valence electrons. The van der Waals surface area contributed by atoms with Crippen molar-refractivity contribution in [2.75, 3.05) is 18.5 Å². The fourth-order valence-electron chi connectivity index (χ4n) is 1.81. The van der Waals surface area contributed by atoms with E-state index in [1.807, 2.05) is 0 Å². The lowest BCUT2D eigenvalue weighted by Crippen LogP contribution is -2.26. The number of carboxylic acids is 1. The molecule has 0 amide bonds. The summed E-state index contributed by atoms with van der Waals surface area (Å²) >= 11 is 0. The SMILES string of the molecule is CN(CC(=O)O)c1nccc2cc(C#N)ccc12. The Morgan fingerprint density at radius 3 is 2.94 bits per heavy atom. The summed E-state index contributed by atoms with van der Waals surface area (Å²) in [6.07, 6.45) is 1.61. The number of likely N-dealkylation sites (N-methyl/N-ethyl adjacent to an activating group) is 1. The van der Waals surface area contributed by atoms with Gasteiger partial charge in [-0.2, -0.15) is 5.26 Å². The molecule has 0 atom stereocenters. The number of aliphatic carboxylic acids is 1. The Morgan fingerprint density at radius 1 is 1.50 bits per heavy atom. The second-order valence-electron chi connectivity index (χ2n) is 3.93. The van der Waals surface area contributed by atoms with Crippen LogP contribution in [0.25, 0.3) is 10.8 Å². The maximum atomic E-state index is 10.7. The van der Waals surface area contributed by atoms with Crippen LogP contribution in [0.2, 0.25) is 0 Å². The molecule has 1 aromatic heterocycles. The molecule has 0 radical (unpaired) electrons. The highest BCUT2D eigenvalue weighted by Gasteiger charge is 2.10. The van der Waals surface area contributed by atoms with Gasteiger partial charge in [-0.15, -0.1) is 0 Å². The first kappa shape index (κ1) is 11.9. The van der Waals surface area contributed by atoms with Crippen molar-refractivity contribution >= 4 is 22.6 Å². The van der Waals surface area contributed by atoms with Crippen molar-refractivity contribution in [2.24, 2.45) is 0 Å². The molecule has 2 rings (SSSR count). The van der Waals surface area contributed by atoms with Crippen LogP contribution in [-0.2, 0) is 4.79 Å². The molecule has 0 aliphatic rings. The van der Waals surface area contributed by atoms with E-state index >= 15 is 0 Å². The number of fused-ring (bicyclic) bond motifs is 1. The van der Waals surface area contributed by atoms with E-state index in [2.05, 4.69) is 11.1 Å². The van der Waals surface area contributed by atoms with Crippen LogP contribution in [0.4, 0.5) is 5.82 Å². The van der Waals surface area contributed by atoms with Crippen molar-refractivity contribution in [3.63, 3.8) is 0 Å². The van der Waals surface area contributed by atoms with Crippen molar-refractivity contribution in [1.29, 1.82) is 5.26 Å². The Kier molecular flexibility index (Phi) is 3.11. The first-order chi connectivity index (χ1) is 8.61. The van der Waals surface area contributed by atoms with Gasteiger partial charge in [0, 0.05) is 18.6 Å². The summed E-state index contributed by atoms with van der Waals surface area (Å²) in [5.74, 6) is -0.315. The fourth-order valence-corrected chi connectivity index (χ4v) is 1.81. The quantitative estimate of drug-likeness (QED) is 0.883. The lowest BCUT2D eigenvalue weighted by molar-refractivity contribution is -0.135. The molecule has 0 fully saturated rings. The molecule has 1 N–H and O–H groups in total. The summed E-state index contributed by atoms with van der Waals surface area (Å²) in [7, 11) is 1.67. The van der Waals surface area contributed by atoms with E-state index in [-0.39, 0.29) is 6.54 Å². The second kappa shape index (κ2) is 4.72. The van der Waals surface area contributed by atoms with Gasteiger partial charge >= 0.3 is 5.97 Å². The van der Waals surface area contributed by atoms with Gasteiger partial charge < -0.3 is 10.0 Å². The molecule has 5 heteroatoms. The number of carbonyl (C=O) groups is 1. The summed E-state index contributed by atoms with van der Waals surface area (Å²) in [6.45, 7) is -0.119. The van der Waals surface area contributed by atoms with Crippen LogP contribution in [-0.4, -0.2) is 29.7 Å². The molecule has 1 aromatic carbocycles. The Hall–Kier alpha value is -2.61. The first-order valence-corrected chi connectivity index (χ1v) is 5.33. The molecule has 0 aliphatic carbocycles. The van der Waals surface area contributed by atoms with Gasteiger partial charge in [0.2, 0.25) is 0 Å². The van der Waals surface area contributed by atoms with Crippen LogP contribution in [0.1, 0.15) is 5.56 Å². The Balaban J connectivity index is 2.52. The van der Waals surface area contributed by atoms with E-state index in [9.17, 15) is 4.79 Å². The van der Waals surface area contributed by atoms with E-state index in [0.717, 1.165) is 10.8 Å². The molecule has 5 nitrogen and oxygen atoms in total. The summed E-state index contributed by atoms with van der Waals surface area (Å²) in [4.78, 5) is 16.5. The minimum atomic E-state index is -0.912. The van der Waals surface area contributed by atoms with Crippen LogP contribution >= 0.6 is 0 Å². The average molecular weight is 241 g/mol. The third-order valence-corrected chi connectivity index (χ3v) is 2.61. The maximum absolute atomic E-state index is 10.7. The molecule has 0 spiro atoms. The normalized spacial score (nSPS) is 10.0. The number of hydrogen-bond acceptors (Lipinski definition) is 4. The molecule has 0 bridgehead atoms. The highest BCUT2D eigenvalue weighted by molar-refractivity contribution is 5.93. The molecule has 0 saturated carbocycles. The van der Waals surface area contributed by atoms with Crippen molar-refractivity contribution in [3.05, 3.63) is 36.0 Å². The van der Waals surface area contributed by atoms with Gasteiger partial charge in [-0.25, -0.2) is 4.98 Å². The topological polar surface area (TPSA) is 77.2 Å². The van der Waals surface area contributed by atoms with Gasteiger partial charge in [-0.3, -0.25) is 4.79 Å². The van der Waals surface area contributed by atoms with Crippen LogP contribution in [0, 0.1) is 11.3 Å². The molecule has 1 heterocycles. The molecular formula is C13H11N3O2. The van der Waals surface area contributed by atoms with E-state index < -0.39 is 5.97 Å². The number of anilines is 1. The predicted octanol–water partition coefficient (Wildman–Crippen LogP) is 1.63. The van der Waals surface area contributed by atoms with Crippen LogP contribution in [0.3, 0.4) is 0 Å². The Bertz CT molecular complexity index is 646. The van der Waals surface area contributed by atoms with Gasteiger partial charge in [0.05, 0.1) is 11.6 Å². The van der Waals surface area contributed by atoms with E-state index in [1.54, 1.807) is 42.4 Å². The van der Waals surface area contributed by atoms with Gasteiger partial charge in [0.25, 0.3) is 0 Å². The van der Waals surface area contributed by atoms with Gasteiger partial charge in [-0.1, -0.05) is 0 Å². The second-order valence-corrected chi connectivity index (χ2v) is 3.93.